The summed E-state index contributed by atoms with van der Waals surface area (Å²) in [6.07, 6.45) is 4.79. The lowest BCUT2D eigenvalue weighted by Crippen LogP contribution is -2.52. The minimum atomic E-state index is 0.531. The lowest BCUT2D eigenvalue weighted by Gasteiger charge is -2.39. The minimum absolute atomic E-state index is 0.531. The maximum atomic E-state index is 8.26. The Balaban J connectivity index is 1.83. The van der Waals surface area contributed by atoms with Crippen LogP contribution >= 0.6 is 0 Å². The molecule has 2 heterocycles. The summed E-state index contributed by atoms with van der Waals surface area (Å²) < 4.78 is 0. The van der Waals surface area contributed by atoms with Crippen LogP contribution in [0.5, 0.6) is 0 Å². The monoisotopic (exact) mass is 238 g/mol. The van der Waals surface area contributed by atoms with Crippen LogP contribution in [0.15, 0.2) is 0 Å². The minimum Gasteiger partial charge on any atom is -0.361 e. The number of hydrogen-bond donors (Lipinski definition) is 1. The fourth-order valence-corrected chi connectivity index (χ4v) is 2.84. The van der Waals surface area contributed by atoms with Crippen molar-refractivity contribution in [3.05, 3.63) is 0 Å². The maximum absolute atomic E-state index is 8.26. The molecule has 0 aromatic carbocycles. The standard InChI is InChI=1S/C13H26N4/c1-15-8-9-16(2)12(11-15)10-13(14)17-6-4-3-5-7-17/h12,14H,3-11H2,1-2H3. The molecule has 1 unspecified atom stereocenters. The highest BCUT2D eigenvalue weighted by Crippen LogP contribution is 2.15. The van der Waals surface area contributed by atoms with Gasteiger partial charge in [-0.3, -0.25) is 5.41 Å². The van der Waals surface area contributed by atoms with Crippen LogP contribution in [0.2, 0.25) is 0 Å². The van der Waals surface area contributed by atoms with E-state index in [2.05, 4.69) is 28.8 Å². The number of nitrogens with zero attached hydrogens (tertiary/aromatic N) is 3. The van der Waals surface area contributed by atoms with Crippen molar-refractivity contribution in [1.82, 2.24) is 14.7 Å². The van der Waals surface area contributed by atoms with Gasteiger partial charge in [-0.15, -0.1) is 0 Å². The summed E-state index contributed by atoms with van der Waals surface area (Å²) in [6.45, 7) is 5.60. The highest BCUT2D eigenvalue weighted by molar-refractivity contribution is 5.79. The quantitative estimate of drug-likeness (QED) is 0.577. The third-order valence-corrected chi connectivity index (χ3v) is 4.15. The zero-order valence-electron chi connectivity index (χ0n) is 11.3. The van der Waals surface area contributed by atoms with Crippen LogP contribution in [0.4, 0.5) is 0 Å². The van der Waals surface area contributed by atoms with E-state index in [9.17, 15) is 0 Å². The van der Waals surface area contributed by atoms with Crippen LogP contribution in [0, 0.1) is 5.41 Å². The number of nitrogens with one attached hydrogen (secondary N) is 1. The smallest absolute Gasteiger partial charge is 0.0973 e. The van der Waals surface area contributed by atoms with Gasteiger partial charge < -0.3 is 14.7 Å². The molecule has 98 valence electrons. The van der Waals surface area contributed by atoms with Gasteiger partial charge in [0, 0.05) is 45.2 Å². The van der Waals surface area contributed by atoms with E-state index in [4.69, 9.17) is 5.41 Å². The molecule has 0 aromatic heterocycles. The van der Waals surface area contributed by atoms with E-state index in [0.29, 0.717) is 6.04 Å². The van der Waals surface area contributed by atoms with Crippen molar-refractivity contribution < 1.29 is 0 Å². The first-order valence-corrected chi connectivity index (χ1v) is 6.88. The Morgan fingerprint density at radius 1 is 1.06 bits per heavy atom. The predicted octanol–water partition coefficient (Wildman–Crippen LogP) is 1.09. The Labute approximate surface area is 105 Å². The summed E-state index contributed by atoms with van der Waals surface area (Å²) in [5.41, 5.74) is 0. The Morgan fingerprint density at radius 3 is 2.47 bits per heavy atom. The molecule has 2 aliphatic rings. The Kier molecular flexibility index (Phi) is 4.40. The summed E-state index contributed by atoms with van der Waals surface area (Å²) in [6, 6.07) is 0.531. The van der Waals surface area contributed by atoms with Gasteiger partial charge in [0.2, 0.25) is 0 Å². The van der Waals surface area contributed by atoms with Gasteiger partial charge in [-0.1, -0.05) is 0 Å². The van der Waals surface area contributed by atoms with Crippen LogP contribution in [-0.2, 0) is 0 Å². The van der Waals surface area contributed by atoms with Gasteiger partial charge in [0.05, 0.1) is 5.84 Å². The van der Waals surface area contributed by atoms with Crippen molar-refractivity contribution in [2.75, 3.05) is 46.8 Å². The molecule has 0 spiro atoms. The van der Waals surface area contributed by atoms with Crippen molar-refractivity contribution in [2.45, 2.75) is 31.7 Å². The molecular formula is C13H26N4. The topological polar surface area (TPSA) is 33.6 Å². The number of hydrogen-bond acceptors (Lipinski definition) is 3. The fraction of sp³-hybridized carbons (Fsp3) is 0.923. The van der Waals surface area contributed by atoms with Gasteiger partial charge >= 0.3 is 0 Å². The SMILES string of the molecule is CN1CCN(C)C(CC(=N)N2CCCCC2)C1. The molecule has 1 atom stereocenters. The van der Waals surface area contributed by atoms with Crippen molar-refractivity contribution in [2.24, 2.45) is 0 Å². The van der Waals surface area contributed by atoms with E-state index >= 15 is 0 Å². The first-order valence-electron chi connectivity index (χ1n) is 6.88. The Hall–Kier alpha value is -0.610. The molecular weight excluding hydrogens is 212 g/mol. The average molecular weight is 238 g/mol. The number of likely N-dealkylation sites (tertiary alicyclic amines) is 1. The number of rotatable bonds is 2. The zero-order chi connectivity index (χ0) is 12.3. The van der Waals surface area contributed by atoms with Crippen LogP contribution < -0.4 is 0 Å². The highest BCUT2D eigenvalue weighted by Gasteiger charge is 2.25. The normalized spacial score (nSPS) is 28.4. The van der Waals surface area contributed by atoms with Gasteiger partial charge in [-0.25, -0.2) is 0 Å². The molecule has 2 rings (SSSR count). The number of piperazine rings is 1. The second-order valence-electron chi connectivity index (χ2n) is 5.60. The molecule has 4 heteroatoms. The molecule has 2 fully saturated rings. The lowest BCUT2D eigenvalue weighted by molar-refractivity contribution is 0.116. The number of amidine groups is 1. The van der Waals surface area contributed by atoms with Crippen molar-refractivity contribution in [1.29, 1.82) is 5.41 Å². The van der Waals surface area contributed by atoms with E-state index in [1.54, 1.807) is 0 Å². The highest BCUT2D eigenvalue weighted by atomic mass is 15.3. The molecule has 1 N–H and O–H groups in total. The van der Waals surface area contributed by atoms with Crippen LogP contribution in [0.1, 0.15) is 25.7 Å². The van der Waals surface area contributed by atoms with Gasteiger partial charge in [0.25, 0.3) is 0 Å². The second kappa shape index (κ2) is 5.83. The summed E-state index contributed by atoms with van der Waals surface area (Å²) in [4.78, 5) is 7.08. The van der Waals surface area contributed by atoms with Crippen LogP contribution in [-0.4, -0.2) is 73.4 Å². The van der Waals surface area contributed by atoms with Crippen molar-refractivity contribution in [3.8, 4) is 0 Å². The lowest BCUT2D eigenvalue weighted by atomic mass is 10.1. The Morgan fingerprint density at radius 2 is 1.76 bits per heavy atom. The zero-order valence-corrected chi connectivity index (χ0v) is 11.3. The molecule has 2 saturated heterocycles. The largest absolute Gasteiger partial charge is 0.361 e. The van der Waals surface area contributed by atoms with E-state index in [1.807, 2.05) is 0 Å². The van der Waals surface area contributed by atoms with Gasteiger partial charge in [-0.2, -0.15) is 0 Å². The predicted molar refractivity (Wildman–Crippen MR) is 71.7 cm³/mol. The molecule has 0 bridgehead atoms. The first kappa shape index (κ1) is 12.8. The summed E-state index contributed by atoms with van der Waals surface area (Å²) in [5.74, 6) is 0.858. The van der Waals surface area contributed by atoms with Gasteiger partial charge in [0.1, 0.15) is 0 Å². The van der Waals surface area contributed by atoms with E-state index < -0.39 is 0 Å². The van der Waals surface area contributed by atoms with Gasteiger partial charge in [0.15, 0.2) is 0 Å². The molecule has 0 amide bonds. The number of piperidine rings is 1. The third kappa shape index (κ3) is 3.42. The Bertz CT molecular complexity index is 260. The molecule has 0 radical (unpaired) electrons. The van der Waals surface area contributed by atoms with E-state index in [0.717, 1.165) is 45.0 Å². The fourth-order valence-electron chi connectivity index (χ4n) is 2.84. The van der Waals surface area contributed by atoms with Crippen molar-refractivity contribution in [3.63, 3.8) is 0 Å². The van der Waals surface area contributed by atoms with E-state index in [1.165, 1.54) is 19.3 Å². The second-order valence-corrected chi connectivity index (χ2v) is 5.60. The van der Waals surface area contributed by atoms with Crippen molar-refractivity contribution >= 4 is 5.84 Å². The molecule has 17 heavy (non-hydrogen) atoms. The van der Waals surface area contributed by atoms with E-state index in [-0.39, 0.29) is 0 Å². The molecule has 2 aliphatic heterocycles. The summed E-state index contributed by atoms with van der Waals surface area (Å²) >= 11 is 0. The molecule has 0 aliphatic carbocycles. The molecule has 0 aromatic rings. The van der Waals surface area contributed by atoms with Crippen LogP contribution in [0.25, 0.3) is 0 Å². The average Bonchev–Trinajstić information content (AvgIpc) is 2.35. The number of likely N-dealkylation sites (N-methyl/N-ethyl adjacent to an activating group) is 2. The first-order chi connectivity index (χ1) is 8.16. The molecule has 4 nitrogen and oxygen atoms in total. The third-order valence-electron chi connectivity index (χ3n) is 4.15. The maximum Gasteiger partial charge on any atom is 0.0973 e. The summed E-state index contributed by atoms with van der Waals surface area (Å²) in [7, 11) is 4.38. The summed E-state index contributed by atoms with van der Waals surface area (Å²) in [5, 5.41) is 8.26. The van der Waals surface area contributed by atoms with Crippen LogP contribution in [0.3, 0.4) is 0 Å². The van der Waals surface area contributed by atoms with Gasteiger partial charge in [-0.05, 0) is 33.4 Å². The molecule has 0 saturated carbocycles.